The highest BCUT2D eigenvalue weighted by Gasteiger charge is 2.42. The molecule has 0 aromatic heterocycles. The van der Waals surface area contributed by atoms with Crippen molar-refractivity contribution < 1.29 is 13.6 Å². The molecule has 1 N–H and O–H groups in total. The summed E-state index contributed by atoms with van der Waals surface area (Å²) in [6.45, 7) is 21.6. The van der Waals surface area contributed by atoms with Crippen molar-refractivity contribution in [1.82, 2.24) is 5.32 Å². The Hall–Kier alpha value is -0.0862. The molecule has 1 fully saturated rings. The fraction of sp³-hybridized carbons (Fsp3) is 0.833. The summed E-state index contributed by atoms with van der Waals surface area (Å²) in [5, 5.41) is 3.49. The molecule has 4 unspecified atom stereocenters. The summed E-state index contributed by atoms with van der Waals surface area (Å²) in [5.74, 6) is 0.930. The molecule has 0 radical (unpaired) electrons. The van der Waals surface area contributed by atoms with Gasteiger partial charge in [0.15, 0.2) is 18.1 Å². The van der Waals surface area contributed by atoms with E-state index in [1.165, 1.54) is 0 Å². The monoisotopic (exact) mass is 403 g/mol. The minimum absolute atomic E-state index is 0.0303. The number of carbonyl (C=O) groups is 1. The summed E-state index contributed by atoms with van der Waals surface area (Å²) in [7, 11) is -2.85. The van der Waals surface area contributed by atoms with Gasteiger partial charge >= 0.3 is 0 Å². The van der Waals surface area contributed by atoms with E-state index in [0.29, 0.717) is 6.42 Å². The quantitative estimate of drug-likeness (QED) is 0.273. The van der Waals surface area contributed by atoms with Gasteiger partial charge in [-0.05, 0) is 23.2 Å². The highest BCUT2D eigenvalue weighted by Crippen LogP contribution is 2.35. The molecule has 0 aromatic rings. The Morgan fingerprint density at radius 1 is 1.16 bits per heavy atom. The molecule has 25 heavy (non-hydrogen) atoms. The van der Waals surface area contributed by atoms with E-state index in [-0.39, 0.29) is 33.6 Å². The lowest BCUT2D eigenvalue weighted by Crippen LogP contribution is -2.58. The van der Waals surface area contributed by atoms with Crippen LogP contribution >= 0.6 is 11.8 Å². The number of β-lactam (4-membered cyclic amide) rings is 1. The van der Waals surface area contributed by atoms with Gasteiger partial charge in [0.25, 0.3) is 0 Å². The van der Waals surface area contributed by atoms with Gasteiger partial charge in [0.1, 0.15) is 6.29 Å². The van der Waals surface area contributed by atoms with Crippen molar-refractivity contribution in [3.05, 3.63) is 12.7 Å². The van der Waals surface area contributed by atoms with Crippen molar-refractivity contribution in [2.75, 3.05) is 5.75 Å². The smallest absolute Gasteiger partial charge is 0.227 e. The Balaban J connectivity index is 2.79. The number of carbonyl (C=O) groups excluding carboxylic acids is 1. The fourth-order valence-corrected chi connectivity index (χ4v) is 5.38. The Morgan fingerprint density at radius 3 is 2.00 bits per heavy atom. The van der Waals surface area contributed by atoms with E-state index in [9.17, 15) is 4.79 Å². The Morgan fingerprint density at radius 2 is 1.64 bits per heavy atom. The van der Waals surface area contributed by atoms with E-state index in [1.54, 1.807) is 11.8 Å². The van der Waals surface area contributed by atoms with Gasteiger partial charge in [-0.1, -0.05) is 47.6 Å². The number of amides is 1. The number of rotatable bonds is 9. The topological polar surface area (TPSA) is 47.6 Å². The second kappa shape index (κ2) is 9.21. The zero-order chi connectivity index (χ0) is 19.4. The number of hydrogen-bond donors (Lipinski definition) is 1. The van der Waals surface area contributed by atoms with Crippen LogP contribution in [0.1, 0.15) is 48.0 Å². The van der Waals surface area contributed by atoms with Crippen molar-refractivity contribution in [2.45, 2.75) is 82.8 Å². The molecule has 146 valence electrons. The van der Waals surface area contributed by atoms with Crippen molar-refractivity contribution in [3.8, 4) is 0 Å². The summed E-state index contributed by atoms with van der Waals surface area (Å²) >= 11 is 1.73. The van der Waals surface area contributed by atoms with Gasteiger partial charge in [-0.25, -0.2) is 0 Å². The predicted molar refractivity (Wildman–Crippen MR) is 114 cm³/mol. The van der Waals surface area contributed by atoms with Crippen LogP contribution in [0.4, 0.5) is 0 Å². The Kier molecular flexibility index (Phi) is 8.46. The van der Waals surface area contributed by atoms with Crippen LogP contribution in [0, 0.1) is 5.92 Å². The van der Waals surface area contributed by atoms with Crippen LogP contribution in [0.2, 0.25) is 23.2 Å². The van der Waals surface area contributed by atoms with Crippen LogP contribution in [0.5, 0.6) is 0 Å². The second-order valence-corrected chi connectivity index (χ2v) is 16.9. The summed E-state index contributed by atoms with van der Waals surface area (Å²) < 4.78 is 12.9. The van der Waals surface area contributed by atoms with Crippen LogP contribution in [0.15, 0.2) is 12.7 Å². The molecule has 1 amide bonds. The standard InChI is InChI=1S/C18H37NO3SSi2/c1-10-11-23-16-13(15(20)19-16)12-14(21-24(8)17(2,3)4)22-25(9)18(5,6)7/h10,13-14,16,24-25H,1,11-12H2,2-9H3,(H,19,20). The molecule has 0 aliphatic carbocycles. The number of hydrogen-bond acceptors (Lipinski definition) is 4. The number of thioether (sulfide) groups is 1. The highest BCUT2D eigenvalue weighted by atomic mass is 32.2. The molecule has 1 rings (SSSR count). The third-order valence-electron chi connectivity index (χ3n) is 4.98. The van der Waals surface area contributed by atoms with Crippen LogP contribution in [-0.4, -0.2) is 41.4 Å². The van der Waals surface area contributed by atoms with E-state index in [1.807, 2.05) is 6.08 Å². The molecule has 0 saturated carbocycles. The van der Waals surface area contributed by atoms with E-state index in [2.05, 4.69) is 66.5 Å². The maximum atomic E-state index is 12.1. The summed E-state index contributed by atoms with van der Waals surface area (Å²) in [5.41, 5.74) is 0. The van der Waals surface area contributed by atoms with Gasteiger partial charge in [-0.2, -0.15) is 0 Å². The first-order valence-corrected chi connectivity index (χ1v) is 14.7. The van der Waals surface area contributed by atoms with Crippen molar-refractivity contribution in [1.29, 1.82) is 0 Å². The average molecular weight is 404 g/mol. The molecular weight excluding hydrogens is 366 g/mol. The lowest BCUT2D eigenvalue weighted by Gasteiger charge is -2.41. The third kappa shape index (κ3) is 7.21. The summed E-state index contributed by atoms with van der Waals surface area (Å²) in [6.07, 6.45) is 2.27. The second-order valence-electron chi connectivity index (χ2n) is 9.11. The van der Waals surface area contributed by atoms with Gasteiger partial charge in [0.2, 0.25) is 5.91 Å². The molecular formula is C18H37NO3SSi2. The largest absolute Gasteiger partial charge is 0.396 e. The van der Waals surface area contributed by atoms with E-state index in [4.69, 9.17) is 8.85 Å². The summed E-state index contributed by atoms with van der Waals surface area (Å²) in [6, 6.07) is 0. The minimum atomic E-state index is -1.43. The first kappa shape index (κ1) is 23.0. The molecule has 1 saturated heterocycles. The van der Waals surface area contributed by atoms with Gasteiger partial charge < -0.3 is 14.2 Å². The Labute approximate surface area is 162 Å². The van der Waals surface area contributed by atoms with Crippen molar-refractivity contribution in [2.24, 2.45) is 5.92 Å². The van der Waals surface area contributed by atoms with E-state index >= 15 is 0 Å². The van der Waals surface area contributed by atoms with Gasteiger partial charge in [0.05, 0.1) is 11.3 Å². The zero-order valence-corrected chi connectivity index (χ0v) is 20.3. The lowest BCUT2D eigenvalue weighted by molar-refractivity contribution is -0.136. The Bertz CT molecular complexity index is 440. The van der Waals surface area contributed by atoms with Crippen molar-refractivity contribution in [3.63, 3.8) is 0 Å². The fourth-order valence-electron chi connectivity index (χ4n) is 2.16. The minimum Gasteiger partial charge on any atom is -0.396 e. The van der Waals surface area contributed by atoms with Crippen LogP contribution in [0.25, 0.3) is 0 Å². The maximum Gasteiger partial charge on any atom is 0.227 e. The highest BCUT2D eigenvalue weighted by molar-refractivity contribution is 8.00. The van der Waals surface area contributed by atoms with Gasteiger partial charge in [0, 0.05) is 12.2 Å². The van der Waals surface area contributed by atoms with Crippen LogP contribution in [-0.2, 0) is 13.6 Å². The molecule has 0 spiro atoms. The SMILES string of the molecule is C=CCSC1NC(=O)C1CC(O[SiH](C)C(C)(C)C)O[SiH](C)C(C)(C)C. The molecule has 1 aliphatic rings. The first-order chi connectivity index (χ1) is 11.4. The molecule has 0 aromatic carbocycles. The molecule has 4 nitrogen and oxygen atoms in total. The van der Waals surface area contributed by atoms with Gasteiger partial charge in [-0.3, -0.25) is 4.79 Å². The van der Waals surface area contributed by atoms with Crippen LogP contribution in [0.3, 0.4) is 0 Å². The third-order valence-corrected chi connectivity index (χ3v) is 12.5. The van der Waals surface area contributed by atoms with Crippen molar-refractivity contribution >= 4 is 35.7 Å². The lowest BCUT2D eigenvalue weighted by atomic mass is 9.97. The number of nitrogens with one attached hydrogen (secondary N) is 1. The maximum absolute atomic E-state index is 12.1. The zero-order valence-electron chi connectivity index (χ0n) is 17.2. The normalized spacial score (nSPS) is 24.9. The molecule has 4 atom stereocenters. The predicted octanol–water partition coefficient (Wildman–Crippen LogP) is 4.03. The molecule has 7 heteroatoms. The summed E-state index contributed by atoms with van der Waals surface area (Å²) in [4.78, 5) is 12.1. The molecule has 0 bridgehead atoms. The molecule has 1 heterocycles. The first-order valence-electron chi connectivity index (χ1n) is 9.20. The average Bonchev–Trinajstić information content (AvgIpc) is 2.46. The van der Waals surface area contributed by atoms with Crippen LogP contribution < -0.4 is 5.32 Å². The van der Waals surface area contributed by atoms with Gasteiger partial charge in [-0.15, -0.1) is 18.3 Å². The van der Waals surface area contributed by atoms with E-state index < -0.39 is 18.1 Å². The molecule has 1 aliphatic heterocycles. The van der Waals surface area contributed by atoms with E-state index in [0.717, 1.165) is 5.75 Å².